The number of hydrogen-bond donors (Lipinski definition) is 0. The van der Waals surface area contributed by atoms with Crippen LogP contribution in [0, 0.1) is 6.07 Å². The topological polar surface area (TPSA) is 0 Å². The summed E-state index contributed by atoms with van der Waals surface area (Å²) in [5.74, 6) is 0. The zero-order valence-corrected chi connectivity index (χ0v) is 7.07. The lowest BCUT2D eigenvalue weighted by Gasteiger charge is -1.86. The van der Waals surface area contributed by atoms with Crippen LogP contribution in [0.3, 0.4) is 0 Å². The Morgan fingerprint density at radius 1 is 1.50 bits per heavy atom. The fourth-order valence-electron chi connectivity index (χ4n) is 0.425. The summed E-state index contributed by atoms with van der Waals surface area (Å²) >= 11 is 2.24. The molecule has 0 saturated heterocycles. The Kier molecular flexibility index (Phi) is 2.69. The molecule has 0 heterocycles. The third-order valence-electron chi connectivity index (χ3n) is 0.764. The standard InChI is InChI=1S/C6H4IS/c7-8-6-4-2-1-3-5-6/h1-4H. The lowest BCUT2D eigenvalue weighted by Crippen LogP contribution is -1.60. The second kappa shape index (κ2) is 3.35. The van der Waals surface area contributed by atoms with E-state index in [2.05, 4.69) is 27.3 Å². The molecular formula is C6H4IS. The molecule has 41 valence electrons. The van der Waals surface area contributed by atoms with Crippen molar-refractivity contribution >= 4 is 30.1 Å². The fourth-order valence-corrected chi connectivity index (χ4v) is 1.49. The van der Waals surface area contributed by atoms with Crippen molar-refractivity contribution in [1.82, 2.24) is 0 Å². The third-order valence-corrected chi connectivity index (χ3v) is 2.61. The number of rotatable bonds is 1. The molecule has 0 unspecified atom stereocenters. The predicted molar refractivity (Wildman–Crippen MR) is 45.2 cm³/mol. The molecule has 8 heavy (non-hydrogen) atoms. The minimum Gasteiger partial charge on any atom is -0.0616 e. The molecule has 0 aliphatic carbocycles. The van der Waals surface area contributed by atoms with E-state index in [1.54, 1.807) is 8.93 Å². The van der Waals surface area contributed by atoms with Crippen molar-refractivity contribution in [2.45, 2.75) is 4.90 Å². The molecule has 0 bridgehead atoms. The maximum absolute atomic E-state index is 3.07. The van der Waals surface area contributed by atoms with Gasteiger partial charge in [0.05, 0.1) is 0 Å². The quantitative estimate of drug-likeness (QED) is 0.674. The van der Waals surface area contributed by atoms with Crippen molar-refractivity contribution in [1.29, 1.82) is 0 Å². The van der Waals surface area contributed by atoms with Gasteiger partial charge >= 0.3 is 0 Å². The van der Waals surface area contributed by atoms with Crippen molar-refractivity contribution in [3.8, 4) is 0 Å². The molecule has 0 nitrogen and oxygen atoms in total. The van der Waals surface area contributed by atoms with Gasteiger partial charge in [0.1, 0.15) is 0 Å². The highest BCUT2D eigenvalue weighted by Crippen LogP contribution is 2.22. The molecule has 0 amide bonds. The van der Waals surface area contributed by atoms with Gasteiger partial charge < -0.3 is 0 Å². The monoisotopic (exact) mass is 235 g/mol. The lowest BCUT2D eigenvalue weighted by atomic mass is 10.4. The van der Waals surface area contributed by atoms with Crippen LogP contribution in [-0.4, -0.2) is 0 Å². The SMILES string of the molecule is ISc1[c]cccc1. The first-order valence-corrected chi connectivity index (χ1v) is 5.55. The Morgan fingerprint density at radius 3 is 2.75 bits per heavy atom. The molecule has 0 aliphatic rings. The summed E-state index contributed by atoms with van der Waals surface area (Å²) in [5, 5.41) is 0. The van der Waals surface area contributed by atoms with E-state index in [-0.39, 0.29) is 0 Å². The van der Waals surface area contributed by atoms with Crippen LogP contribution in [0.4, 0.5) is 0 Å². The highest BCUT2D eigenvalue weighted by molar-refractivity contribution is 14.2. The second-order valence-electron chi connectivity index (χ2n) is 1.30. The van der Waals surface area contributed by atoms with Crippen molar-refractivity contribution in [2.75, 3.05) is 0 Å². The van der Waals surface area contributed by atoms with Crippen molar-refractivity contribution in [3.05, 3.63) is 30.3 Å². The van der Waals surface area contributed by atoms with Gasteiger partial charge in [-0.1, -0.05) is 27.1 Å². The molecule has 1 radical (unpaired) electrons. The Balaban J connectivity index is 2.83. The van der Waals surface area contributed by atoms with Crippen LogP contribution in [-0.2, 0) is 0 Å². The van der Waals surface area contributed by atoms with Gasteiger partial charge in [0.15, 0.2) is 0 Å². The molecule has 1 rings (SSSR count). The van der Waals surface area contributed by atoms with Crippen molar-refractivity contribution < 1.29 is 0 Å². The Bertz CT molecular complexity index is 150. The van der Waals surface area contributed by atoms with Gasteiger partial charge in [0, 0.05) is 26.1 Å². The molecule has 0 saturated carbocycles. The molecule has 0 aliphatic heterocycles. The normalized spacial score (nSPS) is 9.12. The Hall–Kier alpha value is 0.300. The van der Waals surface area contributed by atoms with Gasteiger partial charge in [0.2, 0.25) is 0 Å². The lowest BCUT2D eigenvalue weighted by molar-refractivity contribution is 1.46. The van der Waals surface area contributed by atoms with Gasteiger partial charge in [-0.15, -0.1) is 0 Å². The molecular weight excluding hydrogens is 231 g/mol. The molecule has 0 fully saturated rings. The van der Waals surface area contributed by atoms with Crippen molar-refractivity contribution in [2.24, 2.45) is 0 Å². The molecule has 0 aromatic heterocycles. The van der Waals surface area contributed by atoms with Crippen molar-refractivity contribution in [3.63, 3.8) is 0 Å². The van der Waals surface area contributed by atoms with E-state index in [1.165, 1.54) is 4.90 Å². The van der Waals surface area contributed by atoms with Crippen LogP contribution in [0.2, 0.25) is 0 Å². The van der Waals surface area contributed by atoms with Gasteiger partial charge in [0.25, 0.3) is 0 Å². The van der Waals surface area contributed by atoms with E-state index < -0.39 is 0 Å². The summed E-state index contributed by atoms with van der Waals surface area (Å²) in [7, 11) is 1.68. The van der Waals surface area contributed by atoms with Crippen LogP contribution in [0.15, 0.2) is 29.2 Å². The third kappa shape index (κ3) is 1.67. The highest BCUT2D eigenvalue weighted by Gasteiger charge is 1.83. The molecule has 0 spiro atoms. The molecule has 1 aromatic carbocycles. The van der Waals surface area contributed by atoms with Crippen LogP contribution in [0.5, 0.6) is 0 Å². The smallest absolute Gasteiger partial charge is 0.0257 e. The van der Waals surface area contributed by atoms with Gasteiger partial charge in [-0.3, -0.25) is 0 Å². The average molecular weight is 235 g/mol. The van der Waals surface area contributed by atoms with E-state index in [0.29, 0.717) is 0 Å². The second-order valence-corrected chi connectivity index (χ2v) is 3.22. The van der Waals surface area contributed by atoms with E-state index >= 15 is 0 Å². The van der Waals surface area contributed by atoms with E-state index in [4.69, 9.17) is 0 Å². The van der Waals surface area contributed by atoms with Crippen LogP contribution < -0.4 is 0 Å². The molecule has 0 atom stereocenters. The maximum Gasteiger partial charge on any atom is 0.0257 e. The summed E-state index contributed by atoms with van der Waals surface area (Å²) in [6.45, 7) is 0. The first-order chi connectivity index (χ1) is 3.93. The highest BCUT2D eigenvalue weighted by atomic mass is 127. The van der Waals surface area contributed by atoms with Gasteiger partial charge in [-0.2, -0.15) is 0 Å². The maximum atomic E-state index is 3.07. The first-order valence-electron chi connectivity index (χ1n) is 2.19. The number of hydrogen-bond acceptors (Lipinski definition) is 1. The number of benzene rings is 1. The summed E-state index contributed by atoms with van der Waals surface area (Å²) in [6.07, 6.45) is 0. The first kappa shape index (κ1) is 6.42. The summed E-state index contributed by atoms with van der Waals surface area (Å²) in [6, 6.07) is 11.0. The predicted octanol–water partition coefficient (Wildman–Crippen LogP) is 2.93. The minimum atomic E-state index is 1.19. The Morgan fingerprint density at radius 2 is 2.38 bits per heavy atom. The van der Waals surface area contributed by atoms with E-state index in [9.17, 15) is 0 Å². The molecule has 1 aromatic rings. The summed E-state index contributed by atoms with van der Waals surface area (Å²) in [4.78, 5) is 1.19. The van der Waals surface area contributed by atoms with Gasteiger partial charge in [-0.05, 0) is 12.1 Å². The van der Waals surface area contributed by atoms with Crippen LogP contribution >= 0.6 is 30.1 Å². The van der Waals surface area contributed by atoms with Crippen LogP contribution in [0.25, 0.3) is 0 Å². The van der Waals surface area contributed by atoms with E-state index in [1.807, 2.05) is 24.3 Å². The zero-order valence-electron chi connectivity index (χ0n) is 4.10. The largest absolute Gasteiger partial charge is 0.0616 e. The summed E-state index contributed by atoms with van der Waals surface area (Å²) in [5.41, 5.74) is 0. The minimum absolute atomic E-state index is 1.19. The Labute approximate surface area is 65.3 Å². The summed E-state index contributed by atoms with van der Waals surface area (Å²) < 4.78 is 0. The zero-order chi connectivity index (χ0) is 5.82. The van der Waals surface area contributed by atoms with Crippen LogP contribution in [0.1, 0.15) is 0 Å². The van der Waals surface area contributed by atoms with Gasteiger partial charge in [-0.25, -0.2) is 0 Å². The fraction of sp³-hybridized carbons (Fsp3) is 0. The molecule has 2 heteroatoms. The molecule has 0 N–H and O–H groups in total. The average Bonchev–Trinajstić information content (AvgIpc) is 1.90. The number of halogens is 1. The van der Waals surface area contributed by atoms with E-state index in [0.717, 1.165) is 0 Å².